The summed E-state index contributed by atoms with van der Waals surface area (Å²) in [5.41, 5.74) is 2.02. The second-order valence-corrected chi connectivity index (χ2v) is 6.29. The highest BCUT2D eigenvalue weighted by atomic mass is 16.5. The Morgan fingerprint density at radius 1 is 1.46 bits per heavy atom. The van der Waals surface area contributed by atoms with E-state index in [4.69, 9.17) is 4.74 Å². The summed E-state index contributed by atoms with van der Waals surface area (Å²) in [4.78, 5) is 14.7. The minimum Gasteiger partial charge on any atom is -0.496 e. The van der Waals surface area contributed by atoms with Crippen molar-refractivity contribution in [2.24, 2.45) is 7.05 Å². The zero-order chi connectivity index (χ0) is 17.1. The van der Waals surface area contributed by atoms with Crippen molar-refractivity contribution in [3.8, 4) is 5.75 Å². The lowest BCUT2D eigenvalue weighted by Gasteiger charge is -2.25. The van der Waals surface area contributed by atoms with Crippen molar-refractivity contribution in [3.63, 3.8) is 0 Å². The first-order chi connectivity index (χ1) is 11.6. The van der Waals surface area contributed by atoms with Crippen LogP contribution >= 0.6 is 0 Å². The van der Waals surface area contributed by atoms with Gasteiger partial charge in [-0.2, -0.15) is 5.10 Å². The zero-order valence-electron chi connectivity index (χ0n) is 14.4. The van der Waals surface area contributed by atoms with E-state index in [0.29, 0.717) is 12.6 Å². The summed E-state index contributed by atoms with van der Waals surface area (Å²) in [5, 5.41) is 7.24. The predicted octanol–water partition coefficient (Wildman–Crippen LogP) is 2.86. The fourth-order valence-corrected chi connectivity index (χ4v) is 2.79. The number of aryl methyl sites for hydroxylation is 1. The monoisotopic (exact) mass is 328 g/mol. The molecule has 24 heavy (non-hydrogen) atoms. The molecule has 1 fully saturated rings. The van der Waals surface area contributed by atoms with Crippen molar-refractivity contribution in [3.05, 3.63) is 47.8 Å². The van der Waals surface area contributed by atoms with Crippen molar-refractivity contribution in [1.82, 2.24) is 20.0 Å². The molecule has 0 unspecified atom stereocenters. The zero-order valence-corrected chi connectivity index (χ0v) is 14.4. The summed E-state index contributed by atoms with van der Waals surface area (Å²) in [6.07, 6.45) is 5.83. The number of para-hydroxylation sites is 1. The van der Waals surface area contributed by atoms with E-state index < -0.39 is 0 Å². The lowest BCUT2D eigenvalue weighted by molar-refractivity contribution is 0.188. The summed E-state index contributed by atoms with van der Waals surface area (Å²) in [6.45, 7) is 2.53. The van der Waals surface area contributed by atoms with E-state index in [1.165, 1.54) is 0 Å². The summed E-state index contributed by atoms with van der Waals surface area (Å²) < 4.78 is 7.15. The average Bonchev–Trinajstić information content (AvgIpc) is 3.32. The number of hydrogen-bond acceptors (Lipinski definition) is 3. The van der Waals surface area contributed by atoms with E-state index in [1.54, 1.807) is 18.0 Å². The summed E-state index contributed by atoms with van der Waals surface area (Å²) >= 11 is 0. The van der Waals surface area contributed by atoms with Crippen LogP contribution in [0.15, 0.2) is 36.7 Å². The Bertz CT molecular complexity index is 709. The van der Waals surface area contributed by atoms with Gasteiger partial charge in [-0.3, -0.25) is 4.68 Å². The van der Waals surface area contributed by atoms with Gasteiger partial charge in [0.05, 0.1) is 25.9 Å². The Labute approximate surface area is 142 Å². The maximum Gasteiger partial charge on any atom is 0.318 e. The van der Waals surface area contributed by atoms with Crippen molar-refractivity contribution >= 4 is 6.03 Å². The summed E-state index contributed by atoms with van der Waals surface area (Å²) in [5.74, 6) is 0.816. The number of amides is 2. The van der Waals surface area contributed by atoms with Gasteiger partial charge in [0.2, 0.25) is 0 Å². The predicted molar refractivity (Wildman–Crippen MR) is 91.7 cm³/mol. The Balaban J connectivity index is 1.70. The molecule has 1 aliphatic rings. The third-order valence-electron chi connectivity index (χ3n) is 4.35. The van der Waals surface area contributed by atoms with Crippen LogP contribution in [0.5, 0.6) is 5.75 Å². The van der Waals surface area contributed by atoms with Gasteiger partial charge in [-0.05, 0) is 25.8 Å². The van der Waals surface area contributed by atoms with Gasteiger partial charge in [-0.1, -0.05) is 18.2 Å². The van der Waals surface area contributed by atoms with Crippen molar-refractivity contribution in [2.45, 2.75) is 38.4 Å². The second kappa shape index (κ2) is 6.95. The number of benzene rings is 1. The van der Waals surface area contributed by atoms with Crippen LogP contribution in [-0.4, -0.2) is 33.9 Å². The first-order valence-electron chi connectivity index (χ1n) is 8.26. The average molecular weight is 328 g/mol. The van der Waals surface area contributed by atoms with Gasteiger partial charge in [0.25, 0.3) is 0 Å². The molecule has 6 heteroatoms. The molecule has 2 amide bonds. The van der Waals surface area contributed by atoms with Crippen LogP contribution in [0.4, 0.5) is 4.79 Å². The number of rotatable bonds is 6. The minimum absolute atomic E-state index is 0.0419. The van der Waals surface area contributed by atoms with E-state index >= 15 is 0 Å². The van der Waals surface area contributed by atoms with Crippen LogP contribution in [0.2, 0.25) is 0 Å². The molecule has 2 aromatic rings. The first-order valence-corrected chi connectivity index (χ1v) is 8.26. The van der Waals surface area contributed by atoms with Crippen molar-refractivity contribution < 1.29 is 9.53 Å². The van der Waals surface area contributed by atoms with Gasteiger partial charge in [-0.25, -0.2) is 4.79 Å². The molecule has 1 N–H and O–H groups in total. The van der Waals surface area contributed by atoms with Crippen molar-refractivity contribution in [2.75, 3.05) is 7.11 Å². The molecule has 0 saturated heterocycles. The maximum absolute atomic E-state index is 12.8. The molecule has 1 aromatic heterocycles. The molecule has 128 valence electrons. The molecule has 0 aliphatic heterocycles. The van der Waals surface area contributed by atoms with Gasteiger partial charge in [0, 0.05) is 30.4 Å². The molecule has 1 aliphatic carbocycles. The highest BCUT2D eigenvalue weighted by molar-refractivity contribution is 5.75. The van der Waals surface area contributed by atoms with Gasteiger partial charge in [0.1, 0.15) is 5.75 Å². The quantitative estimate of drug-likeness (QED) is 0.887. The number of hydrogen-bond donors (Lipinski definition) is 1. The first kappa shape index (κ1) is 16.4. The maximum atomic E-state index is 12.8. The lowest BCUT2D eigenvalue weighted by Crippen LogP contribution is -2.42. The lowest BCUT2D eigenvalue weighted by atomic mass is 10.2. The number of carbonyl (C=O) groups is 1. The fraction of sp³-hybridized carbons (Fsp3) is 0.444. The van der Waals surface area contributed by atoms with Crippen LogP contribution in [0, 0.1) is 0 Å². The summed E-state index contributed by atoms with van der Waals surface area (Å²) in [6, 6.07) is 8.04. The SMILES string of the molecule is COc1ccccc1CN(C(=O)N[C@@H](C)c1cnn(C)c1)C1CC1. The summed E-state index contributed by atoms with van der Waals surface area (Å²) in [7, 11) is 3.53. The number of carbonyl (C=O) groups excluding carboxylic acids is 1. The molecular weight excluding hydrogens is 304 g/mol. The molecular formula is C18H24N4O2. The number of ether oxygens (including phenoxy) is 1. The highest BCUT2D eigenvalue weighted by Gasteiger charge is 2.33. The third-order valence-corrected chi connectivity index (χ3v) is 4.35. The van der Waals surface area contributed by atoms with E-state index in [-0.39, 0.29) is 12.1 Å². The van der Waals surface area contributed by atoms with Crippen LogP contribution < -0.4 is 10.1 Å². The molecule has 3 rings (SSSR count). The topological polar surface area (TPSA) is 59.4 Å². The minimum atomic E-state index is -0.0786. The smallest absolute Gasteiger partial charge is 0.318 e. The van der Waals surface area contributed by atoms with E-state index in [1.807, 2.05) is 49.3 Å². The number of aromatic nitrogens is 2. The molecule has 1 aromatic carbocycles. The van der Waals surface area contributed by atoms with Gasteiger partial charge < -0.3 is 15.0 Å². The number of nitrogens with one attached hydrogen (secondary N) is 1. The Morgan fingerprint density at radius 2 is 2.21 bits per heavy atom. The molecule has 6 nitrogen and oxygen atoms in total. The normalized spacial score (nSPS) is 15.0. The van der Waals surface area contributed by atoms with Gasteiger partial charge in [-0.15, -0.1) is 0 Å². The van der Waals surface area contributed by atoms with Crippen LogP contribution in [0.25, 0.3) is 0 Å². The van der Waals surface area contributed by atoms with Crippen LogP contribution in [0.3, 0.4) is 0 Å². The highest BCUT2D eigenvalue weighted by Crippen LogP contribution is 2.30. The van der Waals surface area contributed by atoms with Crippen LogP contribution in [-0.2, 0) is 13.6 Å². The molecule has 0 bridgehead atoms. The van der Waals surface area contributed by atoms with Crippen molar-refractivity contribution in [1.29, 1.82) is 0 Å². The largest absolute Gasteiger partial charge is 0.496 e. The number of nitrogens with zero attached hydrogens (tertiary/aromatic N) is 3. The third kappa shape index (κ3) is 3.69. The van der Waals surface area contributed by atoms with E-state index in [2.05, 4.69) is 10.4 Å². The number of methoxy groups -OCH3 is 1. The van der Waals surface area contributed by atoms with E-state index in [9.17, 15) is 4.79 Å². The second-order valence-electron chi connectivity index (χ2n) is 6.29. The number of urea groups is 1. The Morgan fingerprint density at radius 3 is 2.83 bits per heavy atom. The van der Waals surface area contributed by atoms with Gasteiger partial charge in [0.15, 0.2) is 0 Å². The Kier molecular flexibility index (Phi) is 4.74. The molecule has 1 saturated carbocycles. The fourth-order valence-electron chi connectivity index (χ4n) is 2.79. The Hall–Kier alpha value is -2.50. The van der Waals surface area contributed by atoms with E-state index in [0.717, 1.165) is 29.7 Å². The standard InChI is InChI=1S/C18H24N4O2/c1-13(15-10-19-21(2)11-15)20-18(23)22(16-8-9-16)12-14-6-4-5-7-17(14)24-3/h4-7,10-11,13,16H,8-9,12H2,1-3H3,(H,20,23)/t13-/m0/s1. The molecule has 0 radical (unpaired) electrons. The molecule has 1 heterocycles. The van der Waals surface area contributed by atoms with Crippen LogP contribution in [0.1, 0.15) is 36.9 Å². The van der Waals surface area contributed by atoms with Gasteiger partial charge >= 0.3 is 6.03 Å². The molecule has 0 spiro atoms. The molecule has 1 atom stereocenters.